The van der Waals surface area contributed by atoms with Gasteiger partial charge in [0, 0.05) is 24.1 Å². The molecular formula is C13H13BrClN3. The number of hydrogen-bond donors (Lipinski definition) is 1. The zero-order valence-corrected chi connectivity index (χ0v) is 12.3. The zero-order chi connectivity index (χ0) is 13.0. The number of hydrogen-bond acceptors (Lipinski definition) is 3. The van der Waals surface area contributed by atoms with Crippen LogP contribution in [0.25, 0.3) is 0 Å². The summed E-state index contributed by atoms with van der Waals surface area (Å²) in [6.45, 7) is 2.72. The highest BCUT2D eigenvalue weighted by Crippen LogP contribution is 2.15. The summed E-state index contributed by atoms with van der Waals surface area (Å²) in [5, 5.41) is 4.01. The number of rotatable bonds is 4. The van der Waals surface area contributed by atoms with Gasteiger partial charge in [-0.1, -0.05) is 30.7 Å². The molecule has 0 aliphatic carbocycles. The van der Waals surface area contributed by atoms with E-state index in [2.05, 4.69) is 31.2 Å². The van der Waals surface area contributed by atoms with E-state index in [9.17, 15) is 0 Å². The van der Waals surface area contributed by atoms with E-state index in [4.69, 9.17) is 11.6 Å². The summed E-state index contributed by atoms with van der Waals surface area (Å²) in [5.41, 5.74) is 1.12. The van der Waals surface area contributed by atoms with Gasteiger partial charge in [0.1, 0.15) is 16.2 Å². The van der Waals surface area contributed by atoms with Crippen molar-refractivity contribution in [1.29, 1.82) is 0 Å². The van der Waals surface area contributed by atoms with Gasteiger partial charge >= 0.3 is 0 Å². The topological polar surface area (TPSA) is 37.8 Å². The maximum Gasteiger partial charge on any atom is 0.131 e. The van der Waals surface area contributed by atoms with Crippen molar-refractivity contribution in [2.75, 3.05) is 5.32 Å². The summed E-state index contributed by atoms with van der Waals surface area (Å²) in [6.07, 6.45) is 0.811. The van der Waals surface area contributed by atoms with Gasteiger partial charge in [0.15, 0.2) is 0 Å². The van der Waals surface area contributed by atoms with Crippen molar-refractivity contribution in [3.63, 3.8) is 0 Å². The lowest BCUT2D eigenvalue weighted by Gasteiger charge is -2.07. The quantitative estimate of drug-likeness (QED) is 0.861. The Morgan fingerprint density at radius 1 is 1.28 bits per heavy atom. The zero-order valence-electron chi connectivity index (χ0n) is 9.95. The largest absolute Gasteiger partial charge is 0.366 e. The molecule has 5 heteroatoms. The van der Waals surface area contributed by atoms with Crippen molar-refractivity contribution in [3.8, 4) is 0 Å². The lowest BCUT2D eigenvalue weighted by molar-refractivity contribution is 0.921. The summed E-state index contributed by atoms with van der Waals surface area (Å²) in [5.74, 6) is 1.63. The summed E-state index contributed by atoms with van der Waals surface area (Å²) >= 11 is 9.32. The van der Waals surface area contributed by atoms with E-state index in [-0.39, 0.29) is 0 Å². The maximum absolute atomic E-state index is 5.94. The van der Waals surface area contributed by atoms with Gasteiger partial charge in [-0.25, -0.2) is 9.97 Å². The Morgan fingerprint density at radius 3 is 2.83 bits per heavy atom. The molecule has 0 bridgehead atoms. The monoisotopic (exact) mass is 325 g/mol. The fraction of sp³-hybridized carbons (Fsp3) is 0.231. The molecular weight excluding hydrogens is 314 g/mol. The molecule has 0 amide bonds. The molecule has 0 atom stereocenters. The molecule has 3 nitrogen and oxygen atoms in total. The maximum atomic E-state index is 5.94. The average molecular weight is 327 g/mol. The van der Waals surface area contributed by atoms with E-state index in [1.165, 1.54) is 0 Å². The highest BCUT2D eigenvalue weighted by atomic mass is 79.9. The highest BCUT2D eigenvalue weighted by molar-refractivity contribution is 9.10. The molecule has 1 aromatic heterocycles. The molecule has 18 heavy (non-hydrogen) atoms. The molecule has 0 aliphatic heterocycles. The molecule has 2 aromatic rings. The van der Waals surface area contributed by atoms with Crippen LogP contribution < -0.4 is 5.32 Å². The van der Waals surface area contributed by atoms with Gasteiger partial charge in [0.2, 0.25) is 0 Å². The Hall–Kier alpha value is -1.13. The van der Waals surface area contributed by atoms with Crippen LogP contribution in [-0.2, 0) is 13.0 Å². The SMILES string of the molecule is CCc1nc(Br)cc(NCc2cccc(Cl)c2)n1. The van der Waals surface area contributed by atoms with Gasteiger partial charge in [0.05, 0.1) is 0 Å². The van der Waals surface area contributed by atoms with Crippen molar-refractivity contribution < 1.29 is 0 Å². The van der Waals surface area contributed by atoms with Crippen LogP contribution in [0.15, 0.2) is 34.9 Å². The van der Waals surface area contributed by atoms with Gasteiger partial charge in [-0.3, -0.25) is 0 Å². The number of halogens is 2. The molecule has 0 unspecified atom stereocenters. The number of anilines is 1. The van der Waals surface area contributed by atoms with E-state index in [1.807, 2.05) is 37.3 Å². The summed E-state index contributed by atoms with van der Waals surface area (Å²) in [4.78, 5) is 8.67. The first-order chi connectivity index (χ1) is 8.67. The van der Waals surface area contributed by atoms with E-state index < -0.39 is 0 Å². The summed E-state index contributed by atoms with van der Waals surface area (Å²) < 4.78 is 0.794. The van der Waals surface area contributed by atoms with Crippen LogP contribution in [0.3, 0.4) is 0 Å². The lowest BCUT2D eigenvalue weighted by Crippen LogP contribution is -2.04. The van der Waals surface area contributed by atoms with Gasteiger partial charge in [-0.15, -0.1) is 0 Å². The van der Waals surface area contributed by atoms with Crippen molar-refractivity contribution in [2.24, 2.45) is 0 Å². The Balaban J connectivity index is 2.08. The molecule has 0 fully saturated rings. The number of nitrogens with zero attached hydrogens (tertiary/aromatic N) is 2. The van der Waals surface area contributed by atoms with Crippen LogP contribution in [-0.4, -0.2) is 9.97 Å². The van der Waals surface area contributed by atoms with E-state index in [0.717, 1.165) is 33.3 Å². The van der Waals surface area contributed by atoms with Crippen molar-refractivity contribution >= 4 is 33.3 Å². The number of benzene rings is 1. The Morgan fingerprint density at radius 2 is 2.11 bits per heavy atom. The van der Waals surface area contributed by atoms with Crippen molar-refractivity contribution in [2.45, 2.75) is 19.9 Å². The summed E-state index contributed by atoms with van der Waals surface area (Å²) in [6, 6.07) is 9.62. The third kappa shape index (κ3) is 3.68. The molecule has 0 aliphatic rings. The van der Waals surface area contributed by atoms with E-state index in [1.54, 1.807) is 0 Å². The minimum Gasteiger partial charge on any atom is -0.366 e. The van der Waals surface area contributed by atoms with E-state index >= 15 is 0 Å². The molecule has 94 valence electrons. The second kappa shape index (κ2) is 6.16. The number of nitrogens with one attached hydrogen (secondary N) is 1. The minimum atomic E-state index is 0.688. The Kier molecular flexibility index (Phi) is 4.55. The predicted octanol–water partition coefficient (Wildman–Crippen LogP) is 4.07. The lowest BCUT2D eigenvalue weighted by atomic mass is 10.2. The molecule has 0 radical (unpaired) electrons. The van der Waals surface area contributed by atoms with Crippen LogP contribution in [0.4, 0.5) is 5.82 Å². The first kappa shape index (κ1) is 13.3. The average Bonchev–Trinajstić information content (AvgIpc) is 2.36. The minimum absolute atomic E-state index is 0.688. The molecule has 0 saturated carbocycles. The third-order valence-electron chi connectivity index (χ3n) is 2.42. The van der Waals surface area contributed by atoms with Gasteiger partial charge < -0.3 is 5.32 Å². The fourth-order valence-corrected chi connectivity index (χ4v) is 2.19. The van der Waals surface area contributed by atoms with Crippen molar-refractivity contribution in [1.82, 2.24) is 9.97 Å². The normalized spacial score (nSPS) is 10.4. The van der Waals surface area contributed by atoms with Gasteiger partial charge in [-0.2, -0.15) is 0 Å². The smallest absolute Gasteiger partial charge is 0.131 e. The number of aryl methyl sites for hydroxylation is 1. The van der Waals surface area contributed by atoms with Gasteiger partial charge in [0.25, 0.3) is 0 Å². The molecule has 0 spiro atoms. The third-order valence-corrected chi connectivity index (χ3v) is 3.06. The molecule has 1 N–H and O–H groups in total. The molecule has 0 saturated heterocycles. The standard InChI is InChI=1S/C13H13BrClN3/c1-2-12-17-11(14)7-13(18-12)16-8-9-4-3-5-10(15)6-9/h3-7H,2,8H2,1H3,(H,16,17,18). The second-order valence-corrected chi connectivity index (χ2v) is 5.08. The fourth-order valence-electron chi connectivity index (χ4n) is 1.55. The summed E-state index contributed by atoms with van der Waals surface area (Å²) in [7, 11) is 0. The van der Waals surface area contributed by atoms with Gasteiger partial charge in [-0.05, 0) is 33.6 Å². The Labute approximate surface area is 120 Å². The molecule has 2 rings (SSSR count). The first-order valence-electron chi connectivity index (χ1n) is 5.69. The van der Waals surface area contributed by atoms with Crippen LogP contribution in [0.5, 0.6) is 0 Å². The molecule has 1 aromatic carbocycles. The van der Waals surface area contributed by atoms with Crippen LogP contribution in [0.1, 0.15) is 18.3 Å². The highest BCUT2D eigenvalue weighted by Gasteiger charge is 2.01. The molecule has 1 heterocycles. The second-order valence-electron chi connectivity index (χ2n) is 3.83. The van der Waals surface area contributed by atoms with Crippen molar-refractivity contribution in [3.05, 3.63) is 51.3 Å². The predicted molar refractivity (Wildman–Crippen MR) is 77.9 cm³/mol. The van der Waals surface area contributed by atoms with E-state index in [0.29, 0.717) is 6.54 Å². The van der Waals surface area contributed by atoms with Crippen LogP contribution in [0.2, 0.25) is 5.02 Å². The first-order valence-corrected chi connectivity index (χ1v) is 6.86. The Bertz CT molecular complexity index is 546. The van der Waals surface area contributed by atoms with Crippen LogP contribution in [0, 0.1) is 0 Å². The number of aromatic nitrogens is 2. The van der Waals surface area contributed by atoms with Crippen LogP contribution >= 0.6 is 27.5 Å².